The number of carboxylic acids is 1. The number of hydrogen-bond acceptors (Lipinski definition) is 4. The fraction of sp³-hybridized carbons (Fsp3) is 0.556. The van der Waals surface area contributed by atoms with Crippen LogP contribution in [-0.4, -0.2) is 11.0 Å². The summed E-state index contributed by atoms with van der Waals surface area (Å²) in [5, 5.41) is 11.0. The Hall–Kier alpha value is 0.1000. The van der Waals surface area contributed by atoms with Crippen molar-refractivity contribution in [3.8, 4) is 0 Å². The van der Waals surface area contributed by atoms with E-state index in [4.69, 9.17) is 0 Å². The van der Waals surface area contributed by atoms with Gasteiger partial charge in [0.15, 0.2) is 0 Å². The number of rotatable bonds is 2. The van der Waals surface area contributed by atoms with Crippen LogP contribution >= 0.6 is 11.3 Å². The number of nitrogens with zero attached hydrogens (tertiary/aromatic N) is 1. The molecule has 1 heterocycles. The van der Waals surface area contributed by atoms with Gasteiger partial charge in [0.05, 0.1) is 10.7 Å². The normalized spacial score (nSPS) is 14.3. The van der Waals surface area contributed by atoms with Gasteiger partial charge in [-0.15, -0.1) is 11.3 Å². The summed E-state index contributed by atoms with van der Waals surface area (Å²) in [6.45, 7) is 0. The van der Waals surface area contributed by atoms with Gasteiger partial charge in [0.1, 0.15) is 0 Å². The molecule has 5 heteroatoms. The summed E-state index contributed by atoms with van der Waals surface area (Å²) in [6, 6.07) is 0. The van der Waals surface area contributed by atoms with E-state index in [2.05, 4.69) is 4.98 Å². The second-order valence-corrected chi connectivity index (χ2v) is 4.40. The fourth-order valence-electron chi connectivity index (χ4n) is 1.60. The van der Waals surface area contributed by atoms with Crippen molar-refractivity contribution < 1.29 is 39.5 Å². The molecule has 1 aromatic rings. The Kier molecular flexibility index (Phi) is 4.57. The van der Waals surface area contributed by atoms with Crippen molar-refractivity contribution in [3.63, 3.8) is 0 Å². The van der Waals surface area contributed by atoms with Crippen LogP contribution in [0.5, 0.6) is 0 Å². The third-order valence-corrected chi connectivity index (χ3v) is 3.34. The fourth-order valence-corrected chi connectivity index (χ4v) is 2.75. The van der Waals surface area contributed by atoms with Gasteiger partial charge in [0.25, 0.3) is 0 Å². The van der Waals surface area contributed by atoms with E-state index in [1.165, 1.54) is 29.1 Å². The third-order valence-electron chi connectivity index (χ3n) is 2.19. The van der Waals surface area contributed by atoms with Crippen molar-refractivity contribution in [3.05, 3.63) is 15.6 Å². The quantitative estimate of drug-likeness (QED) is 0.509. The van der Waals surface area contributed by atoms with E-state index in [1.54, 1.807) is 0 Å². The summed E-state index contributed by atoms with van der Waals surface area (Å²) < 4.78 is 0. The minimum Gasteiger partial charge on any atom is -0.550 e. The topological polar surface area (TPSA) is 53.0 Å². The molecular weight excluding hydrogens is 209 g/mol. The van der Waals surface area contributed by atoms with Crippen LogP contribution in [0.15, 0.2) is 0 Å². The van der Waals surface area contributed by atoms with Gasteiger partial charge < -0.3 is 9.90 Å². The van der Waals surface area contributed by atoms with Crippen molar-refractivity contribution in [2.75, 3.05) is 0 Å². The Bertz CT molecular complexity index is 314. The summed E-state index contributed by atoms with van der Waals surface area (Å²) in [5.41, 5.74) is 1.12. The molecule has 0 atom stereocenters. The SMILES string of the molecule is O=C([O-])Cc1nc2c(s1)CCCC2.[Na+]. The molecule has 2 rings (SSSR count). The molecule has 1 aliphatic carbocycles. The van der Waals surface area contributed by atoms with Gasteiger partial charge in [-0.1, -0.05) is 0 Å². The average Bonchev–Trinajstić information content (AvgIpc) is 2.44. The first-order valence-corrected chi connectivity index (χ1v) is 5.24. The molecule has 14 heavy (non-hydrogen) atoms. The number of carbonyl (C=O) groups is 1. The van der Waals surface area contributed by atoms with Gasteiger partial charge in [-0.25, -0.2) is 4.98 Å². The molecule has 0 N–H and O–H groups in total. The molecule has 0 unspecified atom stereocenters. The molecule has 0 radical (unpaired) electrons. The van der Waals surface area contributed by atoms with Gasteiger partial charge in [-0.05, 0) is 25.7 Å². The molecule has 0 aromatic carbocycles. The Morgan fingerprint density at radius 1 is 1.43 bits per heavy atom. The molecule has 0 aliphatic heterocycles. The number of aromatic nitrogens is 1. The number of fused-ring (bicyclic) bond motifs is 1. The van der Waals surface area contributed by atoms with Crippen LogP contribution in [0.2, 0.25) is 0 Å². The zero-order valence-corrected chi connectivity index (χ0v) is 11.0. The van der Waals surface area contributed by atoms with E-state index in [1.807, 2.05) is 0 Å². The summed E-state index contributed by atoms with van der Waals surface area (Å²) >= 11 is 1.53. The molecular formula is C9H10NNaO2S. The van der Waals surface area contributed by atoms with Gasteiger partial charge in [0, 0.05) is 17.3 Å². The van der Waals surface area contributed by atoms with E-state index in [0.717, 1.165) is 18.5 Å². The smallest absolute Gasteiger partial charge is 0.550 e. The molecule has 0 amide bonds. The van der Waals surface area contributed by atoms with Crippen molar-refractivity contribution in [1.29, 1.82) is 0 Å². The van der Waals surface area contributed by atoms with Gasteiger partial charge >= 0.3 is 29.6 Å². The van der Waals surface area contributed by atoms with E-state index < -0.39 is 5.97 Å². The molecule has 0 saturated heterocycles. The first kappa shape index (κ1) is 12.2. The predicted molar refractivity (Wildman–Crippen MR) is 47.5 cm³/mol. The number of carboxylic acid groups (broad SMARTS) is 1. The molecule has 70 valence electrons. The maximum absolute atomic E-state index is 10.3. The molecule has 0 saturated carbocycles. The monoisotopic (exact) mass is 219 g/mol. The Morgan fingerprint density at radius 3 is 2.79 bits per heavy atom. The molecule has 1 aromatic heterocycles. The number of hydrogen-bond donors (Lipinski definition) is 0. The van der Waals surface area contributed by atoms with Crippen LogP contribution in [0.4, 0.5) is 0 Å². The van der Waals surface area contributed by atoms with Crippen molar-refractivity contribution in [2.45, 2.75) is 32.1 Å². The van der Waals surface area contributed by atoms with Gasteiger partial charge in [0.2, 0.25) is 0 Å². The zero-order chi connectivity index (χ0) is 9.26. The maximum Gasteiger partial charge on any atom is 1.00 e. The summed E-state index contributed by atoms with van der Waals surface area (Å²) in [7, 11) is 0. The minimum absolute atomic E-state index is 0. The van der Waals surface area contributed by atoms with Gasteiger partial charge in [-0.3, -0.25) is 0 Å². The molecule has 0 bridgehead atoms. The van der Waals surface area contributed by atoms with Crippen LogP contribution in [-0.2, 0) is 24.1 Å². The maximum atomic E-state index is 10.3. The number of aliphatic carboxylic acids is 1. The summed E-state index contributed by atoms with van der Waals surface area (Å²) in [5.74, 6) is -1.04. The first-order chi connectivity index (χ1) is 6.25. The van der Waals surface area contributed by atoms with Crippen LogP contribution < -0.4 is 34.7 Å². The van der Waals surface area contributed by atoms with E-state index >= 15 is 0 Å². The van der Waals surface area contributed by atoms with E-state index in [0.29, 0.717) is 5.01 Å². The second kappa shape index (κ2) is 5.26. The van der Waals surface area contributed by atoms with Gasteiger partial charge in [-0.2, -0.15) is 0 Å². The molecule has 0 fully saturated rings. The number of carbonyl (C=O) groups excluding carboxylic acids is 1. The van der Waals surface area contributed by atoms with Crippen molar-refractivity contribution in [2.24, 2.45) is 0 Å². The predicted octanol–water partition coefficient (Wildman–Crippen LogP) is -2.68. The van der Waals surface area contributed by atoms with Crippen LogP contribution in [0.1, 0.15) is 28.4 Å². The first-order valence-electron chi connectivity index (χ1n) is 4.43. The second-order valence-electron chi connectivity index (χ2n) is 3.23. The van der Waals surface area contributed by atoms with Crippen LogP contribution in [0.3, 0.4) is 0 Å². The molecule has 0 spiro atoms. The largest absolute Gasteiger partial charge is 1.00 e. The van der Waals surface area contributed by atoms with E-state index in [-0.39, 0.29) is 36.0 Å². The number of thiazole rings is 1. The molecule has 1 aliphatic rings. The average molecular weight is 219 g/mol. The summed E-state index contributed by atoms with van der Waals surface area (Å²) in [4.78, 5) is 15.9. The standard InChI is InChI=1S/C9H11NO2S.Na/c11-9(12)5-8-10-6-3-1-2-4-7(6)13-8;/h1-5H2,(H,11,12);/q;+1/p-1. The minimum atomic E-state index is -1.04. The van der Waals surface area contributed by atoms with Crippen LogP contribution in [0.25, 0.3) is 0 Å². The Labute approximate surface area is 109 Å². The van der Waals surface area contributed by atoms with E-state index in [9.17, 15) is 9.90 Å². The molecule has 3 nitrogen and oxygen atoms in total. The van der Waals surface area contributed by atoms with Crippen molar-refractivity contribution in [1.82, 2.24) is 4.98 Å². The van der Waals surface area contributed by atoms with Crippen molar-refractivity contribution >= 4 is 17.3 Å². The Morgan fingerprint density at radius 2 is 2.14 bits per heavy atom. The zero-order valence-electron chi connectivity index (χ0n) is 8.21. The number of aryl methyl sites for hydroxylation is 2. The van der Waals surface area contributed by atoms with Crippen LogP contribution in [0, 0.1) is 0 Å². The third kappa shape index (κ3) is 2.79. The summed E-state index contributed by atoms with van der Waals surface area (Å²) in [6.07, 6.45) is 4.44. The Balaban J connectivity index is 0.000000980.